The number of aromatic carboxylic acids is 1. The number of hydrogen-bond donors (Lipinski definition) is 3. The molecule has 0 spiro atoms. The molecule has 3 atom stereocenters. The molecule has 1 fully saturated rings. The van der Waals surface area contributed by atoms with Crippen molar-refractivity contribution in [3.05, 3.63) is 95.1 Å². The first kappa shape index (κ1) is 24.9. The minimum absolute atomic E-state index is 0.0320. The molecule has 1 aliphatic heterocycles. The summed E-state index contributed by atoms with van der Waals surface area (Å²) in [6.07, 6.45) is -0.554. The first-order chi connectivity index (χ1) is 16.9. The van der Waals surface area contributed by atoms with Crippen LogP contribution in [0.15, 0.2) is 77.7 Å². The van der Waals surface area contributed by atoms with Gasteiger partial charge in [0.05, 0.1) is 24.4 Å². The van der Waals surface area contributed by atoms with Gasteiger partial charge in [-0.1, -0.05) is 48.5 Å². The summed E-state index contributed by atoms with van der Waals surface area (Å²) < 4.78 is 12.6. The number of thioether (sulfide) groups is 1. The number of carbonyl (C=O) groups excluding carboxylic acids is 1. The van der Waals surface area contributed by atoms with Gasteiger partial charge in [-0.25, -0.2) is 4.79 Å². The maximum absolute atomic E-state index is 11.6. The molecule has 8 heteroatoms. The van der Waals surface area contributed by atoms with Crippen LogP contribution in [0.25, 0.3) is 0 Å². The first-order valence-corrected chi connectivity index (χ1v) is 12.2. The predicted molar refractivity (Wildman–Crippen MR) is 133 cm³/mol. The topological polar surface area (TPSA) is 105 Å². The molecule has 0 aliphatic carbocycles. The normalized spacial score (nSPS) is 19.8. The second-order valence-electron chi connectivity index (χ2n) is 8.27. The number of carbonyl (C=O) groups is 2. The molecule has 1 aliphatic rings. The molecule has 3 aromatic rings. The third-order valence-electron chi connectivity index (χ3n) is 5.64. The Morgan fingerprint density at radius 1 is 1.00 bits per heavy atom. The molecule has 1 heterocycles. The number of carboxylic acids is 1. The highest BCUT2D eigenvalue weighted by atomic mass is 32.2. The number of rotatable bonds is 8. The summed E-state index contributed by atoms with van der Waals surface area (Å²) in [4.78, 5) is 23.8. The van der Waals surface area contributed by atoms with Crippen LogP contribution < -0.4 is 5.32 Å². The Hall–Kier alpha value is -3.17. The van der Waals surface area contributed by atoms with Crippen molar-refractivity contribution in [1.29, 1.82) is 0 Å². The number of carboxylic acid groups (broad SMARTS) is 1. The number of benzene rings is 3. The van der Waals surface area contributed by atoms with E-state index in [0.717, 1.165) is 16.7 Å². The van der Waals surface area contributed by atoms with Crippen molar-refractivity contribution in [2.45, 2.75) is 43.3 Å². The van der Waals surface area contributed by atoms with E-state index < -0.39 is 12.3 Å². The Morgan fingerprint density at radius 2 is 1.77 bits per heavy atom. The van der Waals surface area contributed by atoms with Gasteiger partial charge in [0.25, 0.3) is 0 Å². The maximum Gasteiger partial charge on any atom is 0.336 e. The standard InChI is InChI=1S/C27H27NO6S/c1-17(30)28-21-6-4-5-20(13-21)27-33-22(16-35-25-8-3-2-7-23(25)26(31)32)14-24(34-27)19-11-9-18(15-29)10-12-19/h2-13,22,24,27,29H,14-16H2,1H3,(H,28,30)(H,31,32)/t22-,24+,27+/m1/s1. The Bertz CT molecular complexity index is 1180. The van der Waals surface area contributed by atoms with E-state index in [-0.39, 0.29) is 30.3 Å². The van der Waals surface area contributed by atoms with Gasteiger partial charge in [-0.3, -0.25) is 4.79 Å². The summed E-state index contributed by atoms with van der Waals surface area (Å²) in [5, 5.41) is 21.7. The van der Waals surface area contributed by atoms with E-state index in [0.29, 0.717) is 22.8 Å². The van der Waals surface area contributed by atoms with Crippen molar-refractivity contribution in [3.8, 4) is 0 Å². The van der Waals surface area contributed by atoms with Crippen LogP contribution >= 0.6 is 11.8 Å². The molecule has 7 nitrogen and oxygen atoms in total. The summed E-state index contributed by atoms with van der Waals surface area (Å²) in [5.74, 6) is -0.586. The fourth-order valence-corrected chi connectivity index (χ4v) is 5.01. The number of aliphatic hydroxyl groups is 1. The van der Waals surface area contributed by atoms with Gasteiger partial charge in [-0.05, 0) is 35.4 Å². The van der Waals surface area contributed by atoms with E-state index in [1.54, 1.807) is 24.3 Å². The minimum Gasteiger partial charge on any atom is -0.478 e. The van der Waals surface area contributed by atoms with E-state index in [1.807, 2.05) is 48.5 Å². The van der Waals surface area contributed by atoms with Crippen molar-refractivity contribution in [3.63, 3.8) is 0 Å². The minimum atomic E-state index is -0.962. The van der Waals surface area contributed by atoms with Gasteiger partial charge in [0.2, 0.25) is 5.91 Å². The molecule has 35 heavy (non-hydrogen) atoms. The van der Waals surface area contributed by atoms with Crippen molar-refractivity contribution in [2.24, 2.45) is 0 Å². The SMILES string of the molecule is CC(=O)Nc1cccc([C@H]2O[C@@H](CSc3ccccc3C(=O)O)C[C@@H](c3ccc(CO)cc3)O2)c1. The summed E-state index contributed by atoms with van der Waals surface area (Å²) >= 11 is 1.44. The second-order valence-corrected chi connectivity index (χ2v) is 9.33. The lowest BCUT2D eigenvalue weighted by Gasteiger charge is -2.36. The van der Waals surface area contributed by atoms with Crippen LogP contribution in [0.3, 0.4) is 0 Å². The second kappa shape index (κ2) is 11.5. The number of anilines is 1. The van der Waals surface area contributed by atoms with Crippen LogP contribution in [0.2, 0.25) is 0 Å². The molecule has 1 amide bonds. The van der Waals surface area contributed by atoms with E-state index in [1.165, 1.54) is 18.7 Å². The lowest BCUT2D eigenvalue weighted by molar-refractivity contribution is -0.245. The number of hydrogen-bond acceptors (Lipinski definition) is 6. The summed E-state index contributed by atoms with van der Waals surface area (Å²) in [7, 11) is 0. The molecule has 3 aromatic carbocycles. The Labute approximate surface area is 208 Å². The van der Waals surface area contributed by atoms with Gasteiger partial charge in [0, 0.05) is 35.2 Å². The van der Waals surface area contributed by atoms with Crippen molar-refractivity contribution in [1.82, 2.24) is 0 Å². The van der Waals surface area contributed by atoms with Crippen LogP contribution in [0.4, 0.5) is 5.69 Å². The van der Waals surface area contributed by atoms with Crippen LogP contribution in [0, 0.1) is 0 Å². The summed E-state index contributed by atoms with van der Waals surface area (Å²) in [5.41, 5.74) is 3.47. The van der Waals surface area contributed by atoms with Gasteiger partial charge in [0.15, 0.2) is 6.29 Å². The van der Waals surface area contributed by atoms with Gasteiger partial charge in [0.1, 0.15) is 0 Å². The highest BCUT2D eigenvalue weighted by Crippen LogP contribution is 2.40. The number of nitrogens with one attached hydrogen (secondary N) is 1. The Balaban J connectivity index is 1.57. The lowest BCUT2D eigenvalue weighted by Crippen LogP contribution is -2.31. The predicted octanol–water partition coefficient (Wildman–Crippen LogP) is 5.17. The number of aliphatic hydroxyl groups excluding tert-OH is 1. The van der Waals surface area contributed by atoms with Crippen molar-refractivity contribution < 1.29 is 29.3 Å². The fourth-order valence-electron chi connectivity index (χ4n) is 3.94. The molecule has 0 unspecified atom stereocenters. The Morgan fingerprint density at radius 3 is 2.49 bits per heavy atom. The van der Waals surface area contributed by atoms with Crippen LogP contribution in [-0.4, -0.2) is 33.9 Å². The summed E-state index contributed by atoms with van der Waals surface area (Å²) in [6.45, 7) is 1.42. The zero-order valence-corrected chi connectivity index (χ0v) is 20.0. The van der Waals surface area contributed by atoms with E-state index in [2.05, 4.69) is 5.32 Å². The molecular weight excluding hydrogens is 466 g/mol. The van der Waals surface area contributed by atoms with Crippen molar-refractivity contribution in [2.75, 3.05) is 11.1 Å². The van der Waals surface area contributed by atoms with E-state index in [9.17, 15) is 19.8 Å². The average molecular weight is 494 g/mol. The molecule has 0 aromatic heterocycles. The quantitative estimate of drug-likeness (QED) is 0.372. The third kappa shape index (κ3) is 6.49. The molecule has 0 bridgehead atoms. The number of amides is 1. The van der Waals surface area contributed by atoms with Crippen LogP contribution in [0.1, 0.15) is 52.8 Å². The largest absolute Gasteiger partial charge is 0.478 e. The van der Waals surface area contributed by atoms with E-state index >= 15 is 0 Å². The molecule has 3 N–H and O–H groups in total. The molecule has 182 valence electrons. The Kier molecular flexibility index (Phi) is 8.20. The molecular formula is C27H27NO6S. The lowest BCUT2D eigenvalue weighted by atomic mass is 10.0. The van der Waals surface area contributed by atoms with Gasteiger partial charge in [-0.2, -0.15) is 0 Å². The van der Waals surface area contributed by atoms with Gasteiger partial charge >= 0.3 is 5.97 Å². The average Bonchev–Trinajstić information content (AvgIpc) is 2.87. The van der Waals surface area contributed by atoms with Gasteiger partial charge < -0.3 is 25.0 Å². The van der Waals surface area contributed by atoms with E-state index in [4.69, 9.17) is 9.47 Å². The molecule has 1 saturated heterocycles. The van der Waals surface area contributed by atoms with Gasteiger partial charge in [-0.15, -0.1) is 11.8 Å². The fraction of sp³-hybridized carbons (Fsp3) is 0.259. The van der Waals surface area contributed by atoms with Crippen LogP contribution in [-0.2, 0) is 20.9 Å². The zero-order valence-electron chi connectivity index (χ0n) is 19.2. The molecule has 0 radical (unpaired) electrons. The monoisotopic (exact) mass is 493 g/mol. The van der Waals surface area contributed by atoms with Crippen LogP contribution in [0.5, 0.6) is 0 Å². The first-order valence-electron chi connectivity index (χ1n) is 11.3. The zero-order chi connectivity index (χ0) is 24.8. The third-order valence-corrected chi connectivity index (χ3v) is 6.84. The highest BCUT2D eigenvalue weighted by Gasteiger charge is 2.32. The van der Waals surface area contributed by atoms with Crippen molar-refractivity contribution >= 4 is 29.3 Å². The molecule has 4 rings (SSSR count). The number of ether oxygens (including phenoxy) is 2. The maximum atomic E-state index is 11.6. The smallest absolute Gasteiger partial charge is 0.336 e. The molecule has 0 saturated carbocycles. The summed E-state index contributed by atoms with van der Waals surface area (Å²) in [6, 6.07) is 21.9. The highest BCUT2D eigenvalue weighted by molar-refractivity contribution is 7.99.